The van der Waals surface area contributed by atoms with E-state index in [2.05, 4.69) is 38.1 Å². The normalized spacial score (nSPS) is 11.8. The molecule has 2 aromatic rings. The first-order valence-electron chi connectivity index (χ1n) is 26.9. The van der Waals surface area contributed by atoms with E-state index in [1.54, 1.807) is 0 Å². The van der Waals surface area contributed by atoms with Crippen LogP contribution in [0, 0.1) is 0 Å². The molecule has 0 bridgehead atoms. The summed E-state index contributed by atoms with van der Waals surface area (Å²) in [6.45, 7) is 13.4. The number of para-hydroxylation sites is 2. The highest BCUT2D eigenvalue weighted by Gasteiger charge is 2.20. The molecule has 0 spiro atoms. The first-order chi connectivity index (χ1) is 35.1. The van der Waals surface area contributed by atoms with Crippen molar-refractivity contribution in [3.8, 4) is 11.5 Å². The molecule has 0 fully saturated rings. The standard InChI is InChI=1S/C54H95O16P/c1-3-5-7-9-11-13-15-21-51-23-17-19-25-53(51)67-47-43-63-39-35-59-31-27-57-29-33-61-37-41-65-45-49-69-71(55,56)70-50-46-66-42-38-62-34-30-58-28-32-60-36-40-64-44-48-68-54-26-20-18-24-52(54)22-16-14-12-10-8-6-4-2/h17-20,23-26H,3-16,21-22,27-50H2,1-2H3,(H,55,56). The van der Waals surface area contributed by atoms with Crippen LogP contribution in [0.5, 0.6) is 11.5 Å². The van der Waals surface area contributed by atoms with Gasteiger partial charge in [-0.1, -0.05) is 127 Å². The number of unbranched alkanes of at least 4 members (excludes halogenated alkanes) is 12. The number of rotatable bonds is 56. The Morgan fingerprint density at radius 3 is 0.859 bits per heavy atom. The van der Waals surface area contributed by atoms with Crippen LogP contribution in [0.4, 0.5) is 0 Å². The van der Waals surface area contributed by atoms with Crippen molar-refractivity contribution in [2.24, 2.45) is 0 Å². The van der Waals surface area contributed by atoms with Gasteiger partial charge in [0.1, 0.15) is 24.7 Å². The van der Waals surface area contributed by atoms with E-state index in [4.69, 9.17) is 65.9 Å². The molecule has 0 aliphatic carbocycles. The van der Waals surface area contributed by atoms with Gasteiger partial charge in [-0.2, -0.15) is 0 Å². The van der Waals surface area contributed by atoms with Crippen molar-refractivity contribution < 1.29 is 75.3 Å². The van der Waals surface area contributed by atoms with E-state index in [1.165, 1.54) is 101 Å². The Morgan fingerprint density at radius 2 is 0.563 bits per heavy atom. The van der Waals surface area contributed by atoms with E-state index in [1.807, 2.05) is 24.3 Å². The van der Waals surface area contributed by atoms with Crippen LogP contribution in [-0.2, 0) is 73.8 Å². The zero-order chi connectivity index (χ0) is 50.7. The molecule has 0 aromatic heterocycles. The van der Waals surface area contributed by atoms with Crippen molar-refractivity contribution in [1.29, 1.82) is 0 Å². The second-order valence-electron chi connectivity index (χ2n) is 16.9. The molecule has 16 nitrogen and oxygen atoms in total. The third-order valence-electron chi connectivity index (χ3n) is 11.0. The fourth-order valence-electron chi connectivity index (χ4n) is 7.09. The van der Waals surface area contributed by atoms with Gasteiger partial charge in [0.25, 0.3) is 0 Å². The van der Waals surface area contributed by atoms with Crippen LogP contribution in [0.1, 0.15) is 115 Å². The quantitative estimate of drug-likeness (QED) is 0.0491. The SMILES string of the molecule is CCCCCCCCCc1ccccc1OCCOCCOCCOCCOCCOCCOP(=O)(O)OCCOCCOCCOCCOCCOCCOc1ccccc1CCCCCCCCC. The van der Waals surface area contributed by atoms with Crippen LogP contribution in [0.25, 0.3) is 0 Å². The van der Waals surface area contributed by atoms with Gasteiger partial charge in [-0.3, -0.25) is 9.05 Å². The second-order valence-corrected chi connectivity index (χ2v) is 18.4. The molecule has 2 rings (SSSR count). The predicted molar refractivity (Wildman–Crippen MR) is 277 cm³/mol. The molecule has 0 saturated heterocycles. The molecule has 0 saturated carbocycles. The molecule has 0 heterocycles. The van der Waals surface area contributed by atoms with Crippen molar-refractivity contribution in [3.05, 3.63) is 59.7 Å². The maximum Gasteiger partial charge on any atom is 0.472 e. The van der Waals surface area contributed by atoms with Gasteiger partial charge in [-0.05, 0) is 48.9 Å². The monoisotopic (exact) mass is 1030 g/mol. The molecule has 0 radical (unpaired) electrons. The topological polar surface area (TPSA) is 167 Å². The number of phosphoric acid groups is 1. The number of hydrogen-bond donors (Lipinski definition) is 1. The highest BCUT2D eigenvalue weighted by molar-refractivity contribution is 7.47. The largest absolute Gasteiger partial charge is 0.491 e. The minimum absolute atomic E-state index is 0.105. The molecule has 0 unspecified atom stereocenters. The van der Waals surface area contributed by atoms with Crippen LogP contribution in [0.15, 0.2) is 48.5 Å². The molecule has 412 valence electrons. The molecule has 17 heteroatoms. The first-order valence-corrected chi connectivity index (χ1v) is 28.4. The molecular weight excluding hydrogens is 936 g/mol. The average molecular weight is 1030 g/mol. The van der Waals surface area contributed by atoms with Gasteiger partial charge >= 0.3 is 7.82 Å². The summed E-state index contributed by atoms with van der Waals surface area (Å²) in [6.07, 6.45) is 20.3. The van der Waals surface area contributed by atoms with Gasteiger partial charge in [0.2, 0.25) is 0 Å². The lowest BCUT2D eigenvalue weighted by Gasteiger charge is -2.13. The van der Waals surface area contributed by atoms with Gasteiger partial charge in [0.05, 0.1) is 145 Å². The summed E-state index contributed by atoms with van der Waals surface area (Å²) in [5.41, 5.74) is 2.54. The Balaban J connectivity index is 1.24. The molecule has 0 aliphatic heterocycles. The first kappa shape index (κ1) is 64.9. The summed E-state index contributed by atoms with van der Waals surface area (Å²) in [6, 6.07) is 16.6. The smallest absolute Gasteiger partial charge is 0.472 e. The highest BCUT2D eigenvalue weighted by atomic mass is 31.2. The number of hydrogen-bond acceptors (Lipinski definition) is 15. The minimum Gasteiger partial charge on any atom is -0.491 e. The molecule has 2 aromatic carbocycles. The van der Waals surface area contributed by atoms with E-state index in [0.29, 0.717) is 132 Å². The Labute approximate surface area is 428 Å². The number of phosphoric ester groups is 1. The van der Waals surface area contributed by atoms with E-state index >= 15 is 0 Å². The van der Waals surface area contributed by atoms with Crippen molar-refractivity contribution >= 4 is 7.82 Å². The summed E-state index contributed by atoms with van der Waals surface area (Å²) in [5, 5.41) is 0. The Bertz CT molecular complexity index is 1370. The zero-order valence-corrected chi connectivity index (χ0v) is 44.8. The van der Waals surface area contributed by atoms with Crippen molar-refractivity contribution in [1.82, 2.24) is 0 Å². The number of aryl methyl sites for hydroxylation is 2. The lowest BCUT2D eigenvalue weighted by Crippen LogP contribution is -2.15. The number of benzene rings is 2. The van der Waals surface area contributed by atoms with Crippen LogP contribution in [0.2, 0.25) is 0 Å². The van der Waals surface area contributed by atoms with Crippen LogP contribution in [0.3, 0.4) is 0 Å². The minimum atomic E-state index is -4.21. The van der Waals surface area contributed by atoms with Gasteiger partial charge in [-0.15, -0.1) is 0 Å². The van der Waals surface area contributed by atoms with Crippen molar-refractivity contribution in [2.75, 3.05) is 159 Å². The van der Waals surface area contributed by atoms with Crippen LogP contribution >= 0.6 is 7.82 Å². The highest BCUT2D eigenvalue weighted by Crippen LogP contribution is 2.42. The Morgan fingerprint density at radius 1 is 0.324 bits per heavy atom. The fourth-order valence-corrected chi connectivity index (χ4v) is 7.78. The summed E-state index contributed by atoms with van der Waals surface area (Å²) < 4.78 is 89.2. The van der Waals surface area contributed by atoms with E-state index in [9.17, 15) is 9.46 Å². The third-order valence-corrected chi connectivity index (χ3v) is 12.0. The zero-order valence-electron chi connectivity index (χ0n) is 43.9. The summed E-state index contributed by atoms with van der Waals surface area (Å²) in [4.78, 5) is 9.85. The average Bonchev–Trinajstić information content (AvgIpc) is 3.37. The van der Waals surface area contributed by atoms with Crippen LogP contribution < -0.4 is 9.47 Å². The molecule has 0 amide bonds. The summed E-state index contributed by atoms with van der Waals surface area (Å²) >= 11 is 0. The third kappa shape index (κ3) is 41.8. The Kier molecular flexibility index (Phi) is 45.6. The maximum atomic E-state index is 12.1. The lowest BCUT2D eigenvalue weighted by atomic mass is 10.0. The van der Waals surface area contributed by atoms with Crippen molar-refractivity contribution in [3.63, 3.8) is 0 Å². The second kappa shape index (κ2) is 49.9. The molecule has 0 aliphatic rings. The lowest BCUT2D eigenvalue weighted by molar-refractivity contribution is -0.0166. The predicted octanol–water partition coefficient (Wildman–Crippen LogP) is 10.0. The summed E-state index contributed by atoms with van der Waals surface area (Å²) in [7, 11) is -4.21. The Hall–Kier alpha value is -2.25. The summed E-state index contributed by atoms with van der Waals surface area (Å²) in [5.74, 6) is 1.91. The number of ether oxygens (including phenoxy) is 12. The molecule has 0 atom stereocenters. The van der Waals surface area contributed by atoms with E-state index < -0.39 is 7.82 Å². The van der Waals surface area contributed by atoms with E-state index in [0.717, 1.165) is 24.3 Å². The maximum absolute atomic E-state index is 12.1. The molecule has 71 heavy (non-hydrogen) atoms. The van der Waals surface area contributed by atoms with Gasteiger partial charge in [0.15, 0.2) is 0 Å². The van der Waals surface area contributed by atoms with Gasteiger partial charge in [0, 0.05) is 0 Å². The molecule has 1 N–H and O–H groups in total. The van der Waals surface area contributed by atoms with Crippen molar-refractivity contribution in [2.45, 2.75) is 117 Å². The van der Waals surface area contributed by atoms with Gasteiger partial charge in [-0.25, -0.2) is 4.57 Å². The van der Waals surface area contributed by atoms with Crippen LogP contribution in [-0.4, -0.2) is 163 Å². The van der Waals surface area contributed by atoms with Gasteiger partial charge < -0.3 is 61.7 Å². The van der Waals surface area contributed by atoms with E-state index in [-0.39, 0.29) is 26.4 Å². The fraction of sp³-hybridized carbons (Fsp3) is 0.778. The molecular formula is C54H95O16P.